The van der Waals surface area contributed by atoms with E-state index in [0.717, 1.165) is 43.7 Å². The van der Waals surface area contributed by atoms with Gasteiger partial charge in [0, 0.05) is 24.5 Å². The van der Waals surface area contributed by atoms with Crippen LogP contribution in [0.15, 0.2) is 42.5 Å². The summed E-state index contributed by atoms with van der Waals surface area (Å²) in [5.74, 6) is 0.841. The second-order valence-electron chi connectivity index (χ2n) is 8.02. The van der Waals surface area contributed by atoms with Crippen LogP contribution >= 0.6 is 0 Å². The van der Waals surface area contributed by atoms with Gasteiger partial charge in [0.05, 0.1) is 18.8 Å². The predicted octanol–water partition coefficient (Wildman–Crippen LogP) is 2.74. The lowest BCUT2D eigenvalue weighted by Gasteiger charge is -2.40. The number of nitrogens with one attached hydrogen (secondary N) is 2. The van der Waals surface area contributed by atoms with Crippen molar-refractivity contribution in [3.63, 3.8) is 0 Å². The van der Waals surface area contributed by atoms with Crippen LogP contribution in [0.3, 0.4) is 0 Å². The molecule has 3 aliphatic rings. The van der Waals surface area contributed by atoms with E-state index in [4.69, 9.17) is 9.47 Å². The maximum Gasteiger partial charge on any atom is 0.251 e. The van der Waals surface area contributed by atoms with Crippen LogP contribution in [0.1, 0.15) is 45.9 Å². The van der Waals surface area contributed by atoms with E-state index in [1.165, 1.54) is 11.1 Å². The molecule has 2 aliphatic heterocycles. The van der Waals surface area contributed by atoms with Crippen molar-refractivity contribution in [3.05, 3.63) is 64.7 Å². The Kier molecular flexibility index (Phi) is 4.37. The van der Waals surface area contributed by atoms with Crippen LogP contribution in [0, 0.1) is 0 Å². The Morgan fingerprint density at radius 2 is 2.04 bits per heavy atom. The van der Waals surface area contributed by atoms with Crippen molar-refractivity contribution in [1.29, 1.82) is 0 Å². The van der Waals surface area contributed by atoms with Gasteiger partial charge in [-0.3, -0.25) is 4.79 Å². The zero-order chi connectivity index (χ0) is 19.1. The van der Waals surface area contributed by atoms with Crippen LogP contribution in [0.5, 0.6) is 5.75 Å². The molecule has 2 aromatic rings. The highest BCUT2D eigenvalue weighted by Gasteiger charge is 2.53. The van der Waals surface area contributed by atoms with Crippen molar-refractivity contribution in [3.8, 4) is 5.75 Å². The summed E-state index contributed by atoms with van der Waals surface area (Å²) in [7, 11) is 1.77. The van der Waals surface area contributed by atoms with Gasteiger partial charge in [-0.1, -0.05) is 24.3 Å². The van der Waals surface area contributed by atoms with Crippen molar-refractivity contribution in [2.45, 2.75) is 36.8 Å². The number of ether oxygens (including phenoxy) is 2. The molecule has 0 bridgehead atoms. The molecule has 5 heteroatoms. The molecular formula is C23H26N2O3. The molecule has 1 saturated heterocycles. The van der Waals surface area contributed by atoms with Gasteiger partial charge in [0.15, 0.2) is 0 Å². The lowest BCUT2D eigenvalue weighted by atomic mass is 9.72. The second-order valence-corrected chi connectivity index (χ2v) is 8.02. The molecule has 2 unspecified atom stereocenters. The number of hydrogen-bond donors (Lipinski definition) is 2. The van der Waals surface area contributed by atoms with E-state index in [2.05, 4.69) is 34.9 Å². The van der Waals surface area contributed by atoms with Crippen LogP contribution < -0.4 is 15.4 Å². The van der Waals surface area contributed by atoms with Gasteiger partial charge < -0.3 is 20.1 Å². The minimum atomic E-state index is -0.142. The summed E-state index contributed by atoms with van der Waals surface area (Å²) in [4.78, 5) is 13.1. The number of fused-ring (bicyclic) bond motifs is 3. The van der Waals surface area contributed by atoms with E-state index in [1.54, 1.807) is 7.11 Å². The summed E-state index contributed by atoms with van der Waals surface area (Å²) in [5, 5.41) is 6.75. The summed E-state index contributed by atoms with van der Waals surface area (Å²) >= 11 is 0. The van der Waals surface area contributed by atoms with Gasteiger partial charge in [-0.25, -0.2) is 0 Å². The third-order valence-corrected chi connectivity index (χ3v) is 6.67. The predicted molar refractivity (Wildman–Crippen MR) is 107 cm³/mol. The first kappa shape index (κ1) is 17.7. The zero-order valence-corrected chi connectivity index (χ0v) is 16.2. The van der Waals surface area contributed by atoms with Crippen LogP contribution in [0.4, 0.5) is 0 Å². The first-order valence-electron chi connectivity index (χ1n) is 10.1. The number of carbonyl (C=O) groups excluding carboxylic acids is 1. The monoisotopic (exact) mass is 378 g/mol. The van der Waals surface area contributed by atoms with Gasteiger partial charge in [-0.05, 0) is 60.8 Å². The molecule has 146 valence electrons. The Bertz CT molecular complexity index is 904. The smallest absolute Gasteiger partial charge is 0.251 e. The highest BCUT2D eigenvalue weighted by molar-refractivity contribution is 5.95. The lowest BCUT2D eigenvalue weighted by molar-refractivity contribution is 0.00397. The molecule has 2 atom stereocenters. The van der Waals surface area contributed by atoms with E-state index in [0.29, 0.717) is 12.2 Å². The Morgan fingerprint density at radius 1 is 1.21 bits per heavy atom. The quantitative estimate of drug-likeness (QED) is 0.862. The van der Waals surface area contributed by atoms with Crippen molar-refractivity contribution in [2.75, 3.05) is 26.8 Å². The largest absolute Gasteiger partial charge is 0.493 e. The third-order valence-electron chi connectivity index (χ3n) is 6.67. The fourth-order valence-electron chi connectivity index (χ4n) is 5.35. The second kappa shape index (κ2) is 6.90. The van der Waals surface area contributed by atoms with Gasteiger partial charge >= 0.3 is 0 Å². The van der Waals surface area contributed by atoms with Gasteiger partial charge in [-0.15, -0.1) is 0 Å². The fraction of sp³-hybridized carbons (Fsp3) is 0.435. The van der Waals surface area contributed by atoms with Crippen LogP contribution in [-0.4, -0.2) is 38.8 Å². The summed E-state index contributed by atoms with van der Waals surface area (Å²) in [5.41, 5.74) is 4.27. The van der Waals surface area contributed by atoms with Gasteiger partial charge in [0.1, 0.15) is 5.75 Å². The molecule has 2 N–H and O–H groups in total. The molecule has 1 spiro atoms. The molecule has 2 heterocycles. The normalized spacial score (nSPS) is 24.5. The number of benzene rings is 2. The maximum atomic E-state index is 13.1. The topological polar surface area (TPSA) is 59.6 Å². The summed E-state index contributed by atoms with van der Waals surface area (Å²) in [6.07, 6.45) is 2.84. The van der Waals surface area contributed by atoms with Crippen molar-refractivity contribution in [2.24, 2.45) is 0 Å². The number of hydrogen-bond acceptors (Lipinski definition) is 4. The van der Waals surface area contributed by atoms with Crippen LogP contribution in [0.25, 0.3) is 0 Å². The highest BCUT2D eigenvalue weighted by atomic mass is 16.5. The Hall–Kier alpha value is -2.37. The van der Waals surface area contributed by atoms with Gasteiger partial charge in [0.25, 0.3) is 5.91 Å². The number of methoxy groups -OCH3 is 1. The van der Waals surface area contributed by atoms with Crippen LogP contribution in [0.2, 0.25) is 0 Å². The van der Waals surface area contributed by atoms with Crippen molar-refractivity contribution >= 4 is 5.91 Å². The Morgan fingerprint density at radius 3 is 2.86 bits per heavy atom. The van der Waals surface area contributed by atoms with E-state index in [9.17, 15) is 4.79 Å². The molecule has 5 nitrogen and oxygen atoms in total. The molecule has 1 fully saturated rings. The molecule has 0 saturated carbocycles. The molecule has 0 aromatic heterocycles. The van der Waals surface area contributed by atoms with E-state index < -0.39 is 0 Å². The molecule has 1 aliphatic carbocycles. The van der Waals surface area contributed by atoms with E-state index in [1.807, 2.05) is 18.2 Å². The summed E-state index contributed by atoms with van der Waals surface area (Å²) < 4.78 is 11.6. The highest BCUT2D eigenvalue weighted by Crippen LogP contribution is 2.51. The van der Waals surface area contributed by atoms with Gasteiger partial charge in [-0.2, -0.15) is 0 Å². The Labute approximate surface area is 165 Å². The standard InChI is InChI=1S/C23H26N2O3/c1-27-21-20(25-22(26)16-6-7-19-15(14-16)8-13-28-19)17-4-2-3-5-18(17)23(21)9-11-24-12-10-23/h2-7,14,20-21,24H,8-13H2,1H3,(H,25,26). The van der Waals surface area contributed by atoms with Crippen molar-refractivity contribution < 1.29 is 14.3 Å². The zero-order valence-electron chi connectivity index (χ0n) is 16.2. The van der Waals surface area contributed by atoms with E-state index in [-0.39, 0.29) is 23.5 Å². The molecular weight excluding hydrogens is 352 g/mol. The number of carbonyl (C=O) groups is 1. The number of rotatable bonds is 3. The third kappa shape index (κ3) is 2.65. The SMILES string of the molecule is COC1C(NC(=O)c2ccc3c(c2)CCO3)c2ccccc2C12CCNCC2. The average molecular weight is 378 g/mol. The molecule has 1 amide bonds. The summed E-state index contributed by atoms with van der Waals surface area (Å²) in [6.45, 7) is 2.64. The molecule has 2 aromatic carbocycles. The fourth-order valence-corrected chi connectivity index (χ4v) is 5.35. The maximum absolute atomic E-state index is 13.1. The molecule has 0 radical (unpaired) electrons. The minimum Gasteiger partial charge on any atom is -0.493 e. The molecule has 28 heavy (non-hydrogen) atoms. The molecule has 5 rings (SSSR count). The number of amides is 1. The van der Waals surface area contributed by atoms with Crippen LogP contribution in [-0.2, 0) is 16.6 Å². The van der Waals surface area contributed by atoms with Gasteiger partial charge in [0.2, 0.25) is 0 Å². The lowest BCUT2D eigenvalue weighted by Crippen LogP contribution is -2.49. The van der Waals surface area contributed by atoms with E-state index >= 15 is 0 Å². The van der Waals surface area contributed by atoms with Crippen molar-refractivity contribution in [1.82, 2.24) is 10.6 Å². The Balaban J connectivity index is 1.48. The first-order valence-corrected chi connectivity index (χ1v) is 10.1. The average Bonchev–Trinajstić information content (AvgIpc) is 3.30. The minimum absolute atomic E-state index is 0.0414. The first-order chi connectivity index (χ1) is 13.7. The summed E-state index contributed by atoms with van der Waals surface area (Å²) in [6, 6.07) is 14.1. The number of piperidine rings is 1.